The Morgan fingerprint density at radius 1 is 1.10 bits per heavy atom. The zero-order valence-electron chi connectivity index (χ0n) is 13.1. The summed E-state index contributed by atoms with van der Waals surface area (Å²) in [6.45, 7) is 6.35. The van der Waals surface area contributed by atoms with E-state index >= 15 is 0 Å². The van der Waals surface area contributed by atoms with E-state index in [1.165, 1.54) is 6.42 Å². The summed E-state index contributed by atoms with van der Waals surface area (Å²) < 4.78 is 0. The lowest BCUT2D eigenvalue weighted by molar-refractivity contribution is -0.123. The second-order valence-corrected chi connectivity index (χ2v) is 6.11. The van der Waals surface area contributed by atoms with Crippen LogP contribution in [0.25, 0.3) is 0 Å². The van der Waals surface area contributed by atoms with Crippen molar-refractivity contribution in [3.05, 3.63) is 29.8 Å². The number of benzene rings is 1. The first kappa shape index (κ1) is 15.5. The Morgan fingerprint density at radius 2 is 1.81 bits per heavy atom. The van der Waals surface area contributed by atoms with Crippen LogP contribution in [-0.2, 0) is 4.79 Å². The Kier molecular flexibility index (Phi) is 4.66. The SMILES string of the molecule is CCCCCCN1C(=O)C(C)(C)NC(=O)c2ccccc21. The lowest BCUT2D eigenvalue weighted by Gasteiger charge is -2.29. The number of hydrogen-bond acceptors (Lipinski definition) is 2. The van der Waals surface area contributed by atoms with Crippen LogP contribution in [0.2, 0.25) is 0 Å². The van der Waals surface area contributed by atoms with Crippen molar-refractivity contribution in [2.75, 3.05) is 11.4 Å². The maximum absolute atomic E-state index is 12.8. The molecule has 0 atom stereocenters. The third-order valence-corrected chi connectivity index (χ3v) is 3.88. The van der Waals surface area contributed by atoms with Gasteiger partial charge in [0.25, 0.3) is 11.8 Å². The Labute approximate surface area is 126 Å². The molecule has 0 fully saturated rings. The van der Waals surface area contributed by atoms with E-state index in [4.69, 9.17) is 0 Å². The molecular weight excluding hydrogens is 264 g/mol. The lowest BCUT2D eigenvalue weighted by Crippen LogP contribution is -2.54. The monoisotopic (exact) mass is 288 g/mol. The van der Waals surface area contributed by atoms with Crippen molar-refractivity contribution in [3.8, 4) is 0 Å². The molecule has 1 heterocycles. The molecule has 0 spiro atoms. The van der Waals surface area contributed by atoms with Gasteiger partial charge in [-0.3, -0.25) is 9.59 Å². The van der Waals surface area contributed by atoms with Crippen LogP contribution in [0.3, 0.4) is 0 Å². The number of unbranched alkanes of at least 4 members (excludes halogenated alkanes) is 3. The molecule has 0 aliphatic carbocycles. The van der Waals surface area contributed by atoms with Crippen molar-refractivity contribution < 1.29 is 9.59 Å². The van der Waals surface area contributed by atoms with Crippen molar-refractivity contribution in [2.45, 2.75) is 52.0 Å². The minimum atomic E-state index is -0.874. The summed E-state index contributed by atoms with van der Waals surface area (Å²) >= 11 is 0. The van der Waals surface area contributed by atoms with Gasteiger partial charge in [0, 0.05) is 6.54 Å². The molecule has 4 heteroatoms. The highest BCUT2D eigenvalue weighted by molar-refractivity contribution is 6.12. The first-order valence-electron chi connectivity index (χ1n) is 7.71. The average Bonchev–Trinajstić information content (AvgIpc) is 2.52. The van der Waals surface area contributed by atoms with Gasteiger partial charge in [-0.25, -0.2) is 0 Å². The molecule has 1 aromatic carbocycles. The Morgan fingerprint density at radius 3 is 2.52 bits per heavy atom. The van der Waals surface area contributed by atoms with E-state index in [0.29, 0.717) is 12.1 Å². The minimum absolute atomic E-state index is 0.0442. The molecule has 1 aliphatic rings. The molecule has 4 nitrogen and oxygen atoms in total. The van der Waals surface area contributed by atoms with E-state index in [9.17, 15) is 9.59 Å². The highest BCUT2D eigenvalue weighted by Gasteiger charge is 2.38. The molecule has 2 amide bonds. The molecule has 114 valence electrons. The second-order valence-electron chi connectivity index (χ2n) is 6.11. The molecule has 0 unspecified atom stereocenters. The Bertz CT molecular complexity index is 537. The number of hydrogen-bond donors (Lipinski definition) is 1. The van der Waals surface area contributed by atoms with Gasteiger partial charge in [0.05, 0.1) is 11.3 Å². The number of carbonyl (C=O) groups is 2. The smallest absolute Gasteiger partial charge is 0.254 e. The largest absolute Gasteiger partial charge is 0.338 e. The lowest BCUT2D eigenvalue weighted by atomic mass is 10.0. The maximum Gasteiger partial charge on any atom is 0.254 e. The van der Waals surface area contributed by atoms with Gasteiger partial charge in [0.15, 0.2) is 0 Å². The number of fused-ring (bicyclic) bond motifs is 1. The molecule has 2 rings (SSSR count). The zero-order chi connectivity index (χ0) is 15.5. The van der Waals surface area contributed by atoms with Gasteiger partial charge < -0.3 is 10.2 Å². The standard InChI is InChI=1S/C17H24N2O2/c1-4-5-6-9-12-19-14-11-8-7-10-13(14)15(20)18-17(2,3)16(19)21/h7-8,10-11H,4-6,9,12H2,1-3H3,(H,18,20). The minimum Gasteiger partial charge on any atom is -0.338 e. The third-order valence-electron chi connectivity index (χ3n) is 3.88. The van der Waals surface area contributed by atoms with E-state index in [2.05, 4.69) is 12.2 Å². The van der Waals surface area contributed by atoms with Crippen molar-refractivity contribution >= 4 is 17.5 Å². The first-order chi connectivity index (χ1) is 9.97. The summed E-state index contributed by atoms with van der Waals surface area (Å²) in [7, 11) is 0. The van der Waals surface area contributed by atoms with Crippen LogP contribution in [0.4, 0.5) is 5.69 Å². The number of para-hydroxylation sites is 1. The molecule has 0 saturated carbocycles. The van der Waals surface area contributed by atoms with Crippen LogP contribution in [0.1, 0.15) is 56.8 Å². The second kappa shape index (κ2) is 6.29. The Balaban J connectivity index is 2.31. The fourth-order valence-corrected chi connectivity index (χ4v) is 2.67. The van der Waals surface area contributed by atoms with E-state index < -0.39 is 5.54 Å². The summed E-state index contributed by atoms with van der Waals surface area (Å²) in [6, 6.07) is 7.33. The number of nitrogens with one attached hydrogen (secondary N) is 1. The molecule has 0 aromatic heterocycles. The van der Waals surface area contributed by atoms with Gasteiger partial charge in [-0.15, -0.1) is 0 Å². The molecular formula is C17H24N2O2. The molecule has 1 aromatic rings. The topological polar surface area (TPSA) is 49.4 Å². The van der Waals surface area contributed by atoms with Gasteiger partial charge in [0.2, 0.25) is 0 Å². The van der Waals surface area contributed by atoms with Gasteiger partial charge >= 0.3 is 0 Å². The van der Waals surface area contributed by atoms with Crippen LogP contribution >= 0.6 is 0 Å². The van der Waals surface area contributed by atoms with E-state index in [1.54, 1.807) is 24.8 Å². The van der Waals surface area contributed by atoms with Crippen molar-refractivity contribution in [2.24, 2.45) is 0 Å². The van der Waals surface area contributed by atoms with Crippen LogP contribution in [0, 0.1) is 0 Å². The van der Waals surface area contributed by atoms with Gasteiger partial charge in [0.1, 0.15) is 5.54 Å². The summed E-state index contributed by atoms with van der Waals surface area (Å²) in [5, 5.41) is 2.83. The van der Waals surface area contributed by atoms with Crippen LogP contribution < -0.4 is 10.2 Å². The predicted molar refractivity (Wildman–Crippen MR) is 84.5 cm³/mol. The fraction of sp³-hybridized carbons (Fsp3) is 0.529. The first-order valence-corrected chi connectivity index (χ1v) is 7.71. The zero-order valence-corrected chi connectivity index (χ0v) is 13.1. The van der Waals surface area contributed by atoms with Crippen LogP contribution in [0.15, 0.2) is 24.3 Å². The van der Waals surface area contributed by atoms with Gasteiger partial charge in [-0.1, -0.05) is 38.3 Å². The quantitative estimate of drug-likeness (QED) is 0.846. The molecule has 1 N–H and O–H groups in total. The molecule has 0 bridgehead atoms. The molecule has 1 aliphatic heterocycles. The van der Waals surface area contributed by atoms with Crippen molar-refractivity contribution in [1.82, 2.24) is 5.32 Å². The normalized spacial score (nSPS) is 17.2. The van der Waals surface area contributed by atoms with Crippen LogP contribution in [0.5, 0.6) is 0 Å². The summed E-state index contributed by atoms with van der Waals surface area (Å²) in [5.74, 6) is -0.225. The van der Waals surface area contributed by atoms with Gasteiger partial charge in [-0.05, 0) is 32.4 Å². The van der Waals surface area contributed by atoms with E-state index in [-0.39, 0.29) is 11.8 Å². The molecule has 0 radical (unpaired) electrons. The number of rotatable bonds is 5. The number of carbonyl (C=O) groups excluding carboxylic acids is 2. The van der Waals surface area contributed by atoms with Gasteiger partial charge in [-0.2, -0.15) is 0 Å². The van der Waals surface area contributed by atoms with Crippen molar-refractivity contribution in [1.29, 1.82) is 0 Å². The molecule has 0 saturated heterocycles. The highest BCUT2D eigenvalue weighted by Crippen LogP contribution is 2.27. The number of anilines is 1. The fourth-order valence-electron chi connectivity index (χ4n) is 2.67. The van der Waals surface area contributed by atoms with Crippen LogP contribution in [-0.4, -0.2) is 23.9 Å². The summed E-state index contributed by atoms with van der Waals surface area (Å²) in [4.78, 5) is 26.8. The van der Waals surface area contributed by atoms with E-state index in [0.717, 1.165) is 24.9 Å². The summed E-state index contributed by atoms with van der Waals surface area (Å²) in [6.07, 6.45) is 4.39. The van der Waals surface area contributed by atoms with E-state index in [1.807, 2.05) is 18.2 Å². The summed E-state index contributed by atoms with van der Waals surface area (Å²) in [5.41, 5.74) is 0.426. The maximum atomic E-state index is 12.8. The average molecular weight is 288 g/mol. The number of amides is 2. The Hall–Kier alpha value is -1.84. The highest BCUT2D eigenvalue weighted by atomic mass is 16.2. The molecule has 21 heavy (non-hydrogen) atoms. The predicted octanol–water partition coefficient (Wildman–Crippen LogP) is 3.12. The third kappa shape index (κ3) is 3.26. The number of nitrogens with zero attached hydrogens (tertiary/aromatic N) is 1. The van der Waals surface area contributed by atoms with Crippen molar-refractivity contribution in [3.63, 3.8) is 0 Å².